The third-order valence-electron chi connectivity index (χ3n) is 14.3. The Morgan fingerprint density at radius 2 is 1.23 bits per heavy atom. The third-order valence-corrected chi connectivity index (χ3v) is 16.9. The van der Waals surface area contributed by atoms with Crippen molar-refractivity contribution >= 4 is 92.4 Å². The van der Waals surface area contributed by atoms with E-state index in [0.717, 1.165) is 41.4 Å². The highest BCUT2D eigenvalue weighted by Gasteiger charge is 2.64. The monoisotopic (exact) mass is 1270 g/mol. The van der Waals surface area contributed by atoms with Gasteiger partial charge in [-0.3, -0.25) is 29.7 Å². The van der Waals surface area contributed by atoms with Gasteiger partial charge in [-0.1, -0.05) is 60.3 Å². The van der Waals surface area contributed by atoms with Crippen molar-refractivity contribution in [2.45, 2.75) is 94.8 Å². The number of thioether (sulfide) groups is 2. The Morgan fingerprint density at radius 1 is 0.713 bits per heavy atom. The lowest BCUT2D eigenvalue weighted by atomic mass is 9.73. The third kappa shape index (κ3) is 13.0. The fourth-order valence-corrected chi connectivity index (χ4v) is 12.1. The van der Waals surface area contributed by atoms with E-state index in [9.17, 15) is 44.3 Å². The average molecular weight is 1270 g/mol. The normalized spacial score (nSPS) is 25.3. The van der Waals surface area contributed by atoms with Crippen LogP contribution in [-0.2, 0) is 29.9 Å². The summed E-state index contributed by atoms with van der Waals surface area (Å²) in [5.41, 5.74) is 3.86. The van der Waals surface area contributed by atoms with Gasteiger partial charge < -0.3 is 24.5 Å². The zero-order valence-corrected chi connectivity index (χ0v) is 47.3. The molecule has 3 fully saturated rings. The highest BCUT2D eigenvalue weighted by atomic mass is 127. The molecule has 80 heavy (non-hydrogen) atoms. The van der Waals surface area contributed by atoms with E-state index >= 15 is 4.39 Å². The number of ether oxygens (including phenoxy) is 2. The average Bonchev–Trinajstić information content (AvgIpc) is 4.21. The summed E-state index contributed by atoms with van der Waals surface area (Å²) in [7, 11) is -0.837. The fourth-order valence-electron chi connectivity index (χ4n) is 9.45. The molecule has 5 aromatic rings. The first-order valence-corrected chi connectivity index (χ1v) is 27.8. The number of amidine groups is 1. The highest BCUT2D eigenvalue weighted by molar-refractivity contribution is 14.1. The lowest BCUT2D eigenvalue weighted by Gasteiger charge is -2.37. The Hall–Kier alpha value is -5.26. The van der Waals surface area contributed by atoms with E-state index in [-0.39, 0.29) is 62.8 Å². The van der Waals surface area contributed by atoms with E-state index in [4.69, 9.17) is 24.5 Å². The summed E-state index contributed by atoms with van der Waals surface area (Å²) in [4.78, 5) is 37.4. The van der Waals surface area contributed by atoms with Gasteiger partial charge >= 0.3 is 19.5 Å². The van der Waals surface area contributed by atoms with E-state index in [2.05, 4.69) is 29.9 Å². The predicted molar refractivity (Wildman–Crippen MR) is 295 cm³/mol. The van der Waals surface area contributed by atoms with Crippen molar-refractivity contribution in [2.75, 3.05) is 24.7 Å². The van der Waals surface area contributed by atoms with Gasteiger partial charge in [0.25, 0.3) is 0 Å². The van der Waals surface area contributed by atoms with Crippen LogP contribution in [0.2, 0.25) is 0 Å². The molecule has 0 bridgehead atoms. The number of hydrogen-bond donors (Lipinski definition) is 1. The summed E-state index contributed by atoms with van der Waals surface area (Å²) < 4.78 is 164. The number of aliphatic imine (C=N–C) groups is 2. The number of nitrogens with zero attached hydrogens (tertiary/aromatic N) is 6. The number of carbonyl (C=O) groups is 1. The first-order chi connectivity index (χ1) is 37.6. The van der Waals surface area contributed by atoms with Crippen LogP contribution in [-0.4, -0.2) is 104 Å². The number of hydrogen-bond acceptors (Lipinski definition) is 14. The van der Waals surface area contributed by atoms with Crippen molar-refractivity contribution in [3.8, 4) is 0 Å². The van der Waals surface area contributed by atoms with Gasteiger partial charge in [-0.2, -0.15) is 26.3 Å². The first kappa shape index (κ1) is 60.8. The predicted octanol–water partition coefficient (Wildman–Crippen LogP) is 12.0. The first-order valence-electron chi connectivity index (χ1n) is 24.6. The molecule has 0 unspecified atom stereocenters. The van der Waals surface area contributed by atoms with Gasteiger partial charge in [0.05, 0.1) is 59.7 Å². The molecule has 2 aromatic heterocycles. The smallest absolute Gasteiger partial charge is 0.399 e. The molecular formula is C54H51BF10IN7O5S2. The number of nitrogens with two attached hydrogens (primary N) is 1. The van der Waals surface area contributed by atoms with Crippen LogP contribution in [0.15, 0.2) is 106 Å². The Labute approximate surface area is 476 Å². The molecule has 5 aliphatic rings. The quantitative estimate of drug-likeness (QED) is 0.0646. The zero-order valence-electron chi connectivity index (χ0n) is 43.5. The van der Waals surface area contributed by atoms with Gasteiger partial charge in [0.1, 0.15) is 34.1 Å². The molecule has 5 aliphatic heterocycles. The van der Waals surface area contributed by atoms with Gasteiger partial charge in [-0.05, 0) is 99.4 Å². The maximum absolute atomic E-state index is 15.5. The molecule has 0 aliphatic carbocycles. The maximum Gasteiger partial charge on any atom is 0.494 e. The van der Waals surface area contributed by atoms with Gasteiger partial charge in [0.15, 0.2) is 34.8 Å². The summed E-state index contributed by atoms with van der Waals surface area (Å²) in [6.07, 6.45) is -6.89. The van der Waals surface area contributed by atoms with Crippen LogP contribution in [0.4, 0.5) is 43.9 Å². The molecule has 6 atom stereocenters. The summed E-state index contributed by atoms with van der Waals surface area (Å²) >= 11 is 3.87. The van der Waals surface area contributed by atoms with Crippen LogP contribution in [0, 0.1) is 37.3 Å². The number of rotatable bonds is 9. The molecule has 0 amide bonds. The van der Waals surface area contributed by atoms with Gasteiger partial charge in [-0.25, -0.2) is 22.6 Å². The van der Waals surface area contributed by atoms with Gasteiger partial charge in [0, 0.05) is 56.5 Å². The molecule has 10 rings (SSSR count). The van der Waals surface area contributed by atoms with Gasteiger partial charge in [0.2, 0.25) is 0 Å². The van der Waals surface area contributed by atoms with E-state index in [0.29, 0.717) is 21.8 Å². The van der Waals surface area contributed by atoms with Crippen molar-refractivity contribution < 1.29 is 67.5 Å². The maximum atomic E-state index is 15.5. The topological polar surface area (TPSA) is 156 Å². The molecule has 0 saturated carbocycles. The largest absolute Gasteiger partial charge is 0.494 e. The number of fused-ring (bicyclic) bond motifs is 2. The number of Topliss-reactive ketones (excluding diaryl/α,β-unsaturated/α-hetero) is 1. The second kappa shape index (κ2) is 23.9. The van der Waals surface area contributed by atoms with Crippen molar-refractivity contribution in [3.05, 3.63) is 152 Å². The minimum Gasteiger partial charge on any atom is -0.399 e. The van der Waals surface area contributed by atoms with Crippen LogP contribution in [0.5, 0.6) is 0 Å². The molecule has 26 heteroatoms. The van der Waals surface area contributed by atoms with E-state index in [1.54, 1.807) is 37.3 Å². The van der Waals surface area contributed by atoms with Crippen molar-refractivity contribution in [3.63, 3.8) is 0 Å². The summed E-state index contributed by atoms with van der Waals surface area (Å²) in [5.74, 6) is -5.17. The molecule has 7 heterocycles. The Morgan fingerprint density at radius 3 is 1.75 bits per heavy atom. The SMILES string of the molecule is CC1(C)OB(c2ccc(F)c([C@]34CO[C@H](C(F)(F)F)[C@H]3CSC(CC(=O)c3ccccc3)=N4)c2)OC1(C)C.Cc1cnc(/C(F)=C/I)cn1.Cc1cnc(/C(F)=C/c2ccc(F)c([C@]34CO[C@H](C(F)(F)F)[C@H]3CSC(N)=N4)c2)cn1. The Bertz CT molecular complexity index is 3200. The molecule has 2 N–H and O–H groups in total. The zero-order chi connectivity index (χ0) is 58.2. The minimum atomic E-state index is -4.65. The van der Waals surface area contributed by atoms with Crippen molar-refractivity contribution in [2.24, 2.45) is 27.6 Å². The second-order valence-corrected chi connectivity index (χ2v) is 23.0. The fraction of sp³-hybridized carbons (Fsp3) is 0.389. The minimum absolute atomic E-state index is 0.0218. The van der Waals surface area contributed by atoms with Crippen molar-refractivity contribution in [1.82, 2.24) is 19.9 Å². The Balaban J connectivity index is 0.000000179. The van der Waals surface area contributed by atoms with E-state index < -0.39 is 96.5 Å². The molecule has 3 aromatic carbocycles. The molecular weight excluding hydrogens is 1220 g/mol. The van der Waals surface area contributed by atoms with Crippen molar-refractivity contribution in [1.29, 1.82) is 0 Å². The van der Waals surface area contributed by atoms with Crippen LogP contribution >= 0.6 is 46.1 Å². The molecule has 424 valence electrons. The Kier molecular flexibility index (Phi) is 18.2. The van der Waals surface area contributed by atoms with Crippen LogP contribution in [0.1, 0.15) is 83.9 Å². The second-order valence-electron chi connectivity index (χ2n) is 20.3. The number of ketones is 1. The van der Waals surface area contributed by atoms with Crippen LogP contribution in [0.25, 0.3) is 17.7 Å². The van der Waals surface area contributed by atoms with E-state index in [1.807, 2.05) is 57.2 Å². The standard InChI is InChI=1S/C27H28BF4NO4S.C20H17F5N4OS.C7H6FIN2/c1-24(2)25(3,4)37-28(36-24)17-10-11-20(29)18(12-17)26-15-35-23(27(30,31)32)19(26)14-38-22(33-26)13-21(34)16-8-6-5-7-9-16;1-10-6-28-16(7-27-10)15(22)5-11-2-3-14(21)12(4-11)19-9-30-17(20(23,24)25)13(19)8-31-18(26)29-19;1-5-3-11-7(4-10-5)6(8)2-9/h5-12,19,23H,13-15H2,1-4H3;2-7,13,17H,8-9H2,1H3,(H2,26,29);2-4H,1H3/b;15-5-;6-2-/t19-,23+,26-;13-,17+,19-;/m11./s1. The van der Waals surface area contributed by atoms with E-state index in [1.165, 1.54) is 59.2 Å². The molecule has 3 saturated heterocycles. The number of aromatic nitrogens is 4. The number of benzene rings is 3. The van der Waals surface area contributed by atoms with Crippen LogP contribution in [0.3, 0.4) is 0 Å². The highest BCUT2D eigenvalue weighted by Crippen LogP contribution is 2.54. The number of halogens is 11. The number of aryl methyl sites for hydroxylation is 2. The van der Waals surface area contributed by atoms with Gasteiger partial charge in [-0.15, -0.1) is 11.8 Å². The lowest BCUT2D eigenvalue weighted by Crippen LogP contribution is -2.46. The number of alkyl halides is 6. The molecule has 12 nitrogen and oxygen atoms in total. The molecule has 0 radical (unpaired) electrons. The lowest BCUT2D eigenvalue weighted by molar-refractivity contribution is -0.215. The molecule has 0 spiro atoms. The summed E-state index contributed by atoms with van der Waals surface area (Å²) in [6.45, 7) is 10.1. The number of carbonyl (C=O) groups excluding carboxylic acids is 1. The van der Waals surface area contributed by atoms with Crippen LogP contribution < -0.4 is 11.2 Å². The summed E-state index contributed by atoms with van der Waals surface area (Å²) in [6, 6.07) is 16.4. The summed E-state index contributed by atoms with van der Waals surface area (Å²) in [5, 5.41) is 0.395.